The normalized spacial score (nSPS) is 15.4. The predicted molar refractivity (Wildman–Crippen MR) is 130 cm³/mol. The molecule has 0 aliphatic carbocycles. The van der Waals surface area contributed by atoms with E-state index in [1.165, 1.54) is 24.0 Å². The average molecular weight is 441 g/mol. The molecule has 0 aromatic heterocycles. The summed E-state index contributed by atoms with van der Waals surface area (Å²) >= 11 is 0. The van der Waals surface area contributed by atoms with E-state index in [2.05, 4.69) is 47.9 Å². The third kappa shape index (κ3) is 7.51. The summed E-state index contributed by atoms with van der Waals surface area (Å²) in [5.41, 5.74) is 2.48. The molecule has 0 saturated carbocycles. The number of hydrogen-bond acceptors (Lipinski definition) is 5. The molecule has 0 atom stereocenters. The van der Waals surface area contributed by atoms with Crippen LogP contribution in [0.25, 0.3) is 0 Å². The van der Waals surface area contributed by atoms with Gasteiger partial charge in [0.2, 0.25) is 0 Å². The first kappa shape index (κ1) is 24.6. The maximum Gasteiger partial charge on any atom is 0.123 e. The SMILES string of the molecule is COc1ccccc1CN1CCC(CN(Cc2ccccc2OCCO)CC(C)C)CC1. The largest absolute Gasteiger partial charge is 0.496 e. The molecule has 2 aromatic rings. The van der Waals surface area contributed by atoms with Crippen molar-refractivity contribution >= 4 is 0 Å². The van der Waals surface area contributed by atoms with E-state index in [0.29, 0.717) is 18.4 Å². The molecule has 1 fully saturated rings. The average Bonchev–Trinajstić information content (AvgIpc) is 2.79. The van der Waals surface area contributed by atoms with E-state index < -0.39 is 0 Å². The lowest BCUT2D eigenvalue weighted by atomic mass is 9.95. The van der Waals surface area contributed by atoms with Gasteiger partial charge in [0.1, 0.15) is 18.1 Å². The molecule has 5 heteroatoms. The molecule has 5 nitrogen and oxygen atoms in total. The Labute approximate surface area is 193 Å². The molecule has 1 aliphatic heterocycles. The molecule has 1 N–H and O–H groups in total. The molecule has 3 rings (SSSR count). The van der Waals surface area contributed by atoms with E-state index in [1.807, 2.05) is 24.3 Å². The molecule has 0 amide bonds. The second kappa shape index (κ2) is 12.8. The van der Waals surface area contributed by atoms with Crippen molar-refractivity contribution in [2.45, 2.75) is 39.8 Å². The van der Waals surface area contributed by atoms with E-state index in [1.54, 1.807) is 7.11 Å². The third-order valence-electron chi connectivity index (χ3n) is 6.15. The maximum atomic E-state index is 9.13. The molecule has 0 spiro atoms. The highest BCUT2D eigenvalue weighted by molar-refractivity contribution is 5.34. The smallest absolute Gasteiger partial charge is 0.123 e. The second-order valence-corrected chi connectivity index (χ2v) is 9.30. The summed E-state index contributed by atoms with van der Waals surface area (Å²) in [7, 11) is 1.75. The van der Waals surface area contributed by atoms with Crippen LogP contribution >= 0.6 is 0 Å². The molecule has 32 heavy (non-hydrogen) atoms. The van der Waals surface area contributed by atoms with Crippen LogP contribution in [0.4, 0.5) is 0 Å². The summed E-state index contributed by atoms with van der Waals surface area (Å²) in [6, 6.07) is 16.6. The number of aliphatic hydroxyl groups is 1. The first-order chi connectivity index (χ1) is 15.6. The molecule has 1 saturated heterocycles. The minimum Gasteiger partial charge on any atom is -0.496 e. The fourth-order valence-corrected chi connectivity index (χ4v) is 4.66. The topological polar surface area (TPSA) is 45.2 Å². The minimum atomic E-state index is 0.0392. The van der Waals surface area contributed by atoms with Gasteiger partial charge in [-0.1, -0.05) is 50.2 Å². The summed E-state index contributed by atoms with van der Waals surface area (Å²) in [6.45, 7) is 11.3. The Balaban J connectivity index is 1.56. The molecule has 1 aliphatic rings. The highest BCUT2D eigenvalue weighted by Gasteiger charge is 2.23. The lowest BCUT2D eigenvalue weighted by Gasteiger charge is -2.35. The van der Waals surface area contributed by atoms with Crippen molar-refractivity contribution in [2.75, 3.05) is 46.5 Å². The number of hydrogen-bond donors (Lipinski definition) is 1. The van der Waals surface area contributed by atoms with Gasteiger partial charge in [-0.3, -0.25) is 9.80 Å². The van der Waals surface area contributed by atoms with Crippen LogP contribution in [0.2, 0.25) is 0 Å². The highest BCUT2D eigenvalue weighted by Crippen LogP contribution is 2.26. The Hall–Kier alpha value is -2.08. The monoisotopic (exact) mass is 440 g/mol. The van der Waals surface area contributed by atoms with E-state index in [4.69, 9.17) is 14.6 Å². The quantitative estimate of drug-likeness (QED) is 0.529. The molecular weight excluding hydrogens is 400 g/mol. The van der Waals surface area contributed by atoms with Crippen LogP contribution in [-0.4, -0.2) is 61.4 Å². The summed E-state index contributed by atoms with van der Waals surface area (Å²) in [4.78, 5) is 5.14. The lowest BCUT2D eigenvalue weighted by molar-refractivity contribution is 0.127. The molecule has 1 heterocycles. The summed E-state index contributed by atoms with van der Waals surface area (Å²) in [5.74, 6) is 3.21. The zero-order valence-corrected chi connectivity index (χ0v) is 20.0. The van der Waals surface area contributed by atoms with Gasteiger partial charge in [0.25, 0.3) is 0 Å². The molecule has 0 unspecified atom stereocenters. The van der Waals surface area contributed by atoms with Crippen LogP contribution < -0.4 is 9.47 Å². The number of methoxy groups -OCH3 is 1. The lowest BCUT2D eigenvalue weighted by Crippen LogP contribution is -2.39. The van der Waals surface area contributed by atoms with Gasteiger partial charge in [0, 0.05) is 37.3 Å². The van der Waals surface area contributed by atoms with Crippen LogP contribution in [0.15, 0.2) is 48.5 Å². The van der Waals surface area contributed by atoms with Gasteiger partial charge >= 0.3 is 0 Å². The van der Waals surface area contributed by atoms with Crippen LogP contribution in [0.5, 0.6) is 11.5 Å². The van der Waals surface area contributed by atoms with Crippen LogP contribution in [0.3, 0.4) is 0 Å². The standard InChI is InChI=1S/C27H40N2O3/c1-22(2)18-29(21-25-9-5-7-11-27(25)32-17-16-30)19-23-12-14-28(15-13-23)20-24-8-4-6-10-26(24)31-3/h4-11,22-23,30H,12-21H2,1-3H3. The summed E-state index contributed by atoms with van der Waals surface area (Å²) in [5, 5.41) is 9.13. The van der Waals surface area contributed by atoms with E-state index >= 15 is 0 Å². The van der Waals surface area contributed by atoms with Gasteiger partial charge in [-0.05, 0) is 49.9 Å². The second-order valence-electron chi connectivity index (χ2n) is 9.30. The number of benzene rings is 2. The Morgan fingerprint density at radius 1 is 1.00 bits per heavy atom. The highest BCUT2D eigenvalue weighted by atomic mass is 16.5. The zero-order chi connectivity index (χ0) is 22.8. The number of ether oxygens (including phenoxy) is 2. The Morgan fingerprint density at radius 3 is 2.31 bits per heavy atom. The fraction of sp³-hybridized carbons (Fsp3) is 0.556. The van der Waals surface area contributed by atoms with Crippen molar-refractivity contribution in [1.29, 1.82) is 0 Å². The number of para-hydroxylation sites is 2. The van der Waals surface area contributed by atoms with E-state index in [0.717, 1.165) is 50.8 Å². The van der Waals surface area contributed by atoms with Crippen molar-refractivity contribution in [3.63, 3.8) is 0 Å². The van der Waals surface area contributed by atoms with Gasteiger partial charge in [0.15, 0.2) is 0 Å². The molecule has 0 radical (unpaired) electrons. The van der Waals surface area contributed by atoms with Crippen molar-refractivity contribution < 1.29 is 14.6 Å². The Morgan fingerprint density at radius 2 is 1.66 bits per heavy atom. The molecular formula is C27H40N2O3. The number of likely N-dealkylation sites (tertiary alicyclic amines) is 1. The first-order valence-corrected chi connectivity index (χ1v) is 12.0. The Kier molecular flexibility index (Phi) is 9.85. The van der Waals surface area contributed by atoms with Crippen molar-refractivity contribution in [2.24, 2.45) is 11.8 Å². The number of nitrogens with zero attached hydrogens (tertiary/aromatic N) is 2. The van der Waals surface area contributed by atoms with Crippen molar-refractivity contribution in [3.05, 3.63) is 59.7 Å². The molecule has 176 valence electrons. The van der Waals surface area contributed by atoms with Gasteiger partial charge in [-0.15, -0.1) is 0 Å². The van der Waals surface area contributed by atoms with E-state index in [9.17, 15) is 0 Å². The van der Waals surface area contributed by atoms with Crippen LogP contribution in [0.1, 0.15) is 37.8 Å². The molecule has 2 aromatic carbocycles. The van der Waals surface area contributed by atoms with Gasteiger partial charge in [-0.25, -0.2) is 0 Å². The minimum absolute atomic E-state index is 0.0392. The zero-order valence-electron chi connectivity index (χ0n) is 20.0. The summed E-state index contributed by atoms with van der Waals surface area (Å²) in [6.07, 6.45) is 2.46. The fourth-order valence-electron chi connectivity index (χ4n) is 4.66. The number of rotatable bonds is 12. The van der Waals surface area contributed by atoms with Crippen LogP contribution in [0, 0.1) is 11.8 Å². The predicted octanol–water partition coefficient (Wildman–Crippen LogP) is 4.44. The Bertz CT molecular complexity index is 803. The number of aliphatic hydroxyl groups excluding tert-OH is 1. The van der Waals surface area contributed by atoms with Crippen LogP contribution in [-0.2, 0) is 13.1 Å². The maximum absolute atomic E-state index is 9.13. The summed E-state index contributed by atoms with van der Waals surface area (Å²) < 4.78 is 11.3. The van der Waals surface area contributed by atoms with Crippen molar-refractivity contribution in [1.82, 2.24) is 9.80 Å². The van der Waals surface area contributed by atoms with Gasteiger partial charge < -0.3 is 14.6 Å². The van der Waals surface area contributed by atoms with E-state index in [-0.39, 0.29) is 6.61 Å². The molecule has 0 bridgehead atoms. The first-order valence-electron chi connectivity index (χ1n) is 12.0. The third-order valence-corrected chi connectivity index (χ3v) is 6.15. The number of piperidine rings is 1. The van der Waals surface area contributed by atoms with Crippen molar-refractivity contribution in [3.8, 4) is 11.5 Å². The van der Waals surface area contributed by atoms with Gasteiger partial charge in [0.05, 0.1) is 13.7 Å². The van der Waals surface area contributed by atoms with Gasteiger partial charge in [-0.2, -0.15) is 0 Å².